The minimum atomic E-state index is 0.569. The van der Waals surface area contributed by atoms with Crippen LogP contribution in [-0.4, -0.2) is 9.55 Å². The molecule has 0 radical (unpaired) electrons. The van der Waals surface area contributed by atoms with Crippen molar-refractivity contribution in [2.45, 2.75) is 13.1 Å². The topological polar surface area (TPSA) is 43.8 Å². The van der Waals surface area contributed by atoms with Crippen LogP contribution in [0.1, 0.15) is 11.1 Å². The number of benzene rings is 1. The van der Waals surface area contributed by atoms with E-state index in [9.17, 15) is 0 Å². The molecule has 0 amide bonds. The summed E-state index contributed by atoms with van der Waals surface area (Å²) in [6, 6.07) is 12.4. The van der Waals surface area contributed by atoms with Crippen molar-refractivity contribution in [1.29, 1.82) is 0 Å². The molecule has 4 heteroatoms. The van der Waals surface area contributed by atoms with E-state index in [1.165, 1.54) is 16.0 Å². The summed E-state index contributed by atoms with van der Waals surface area (Å²) in [6.45, 7) is 1.37. The molecule has 0 saturated carbocycles. The number of hydrogen-bond acceptors (Lipinski definition) is 3. The molecule has 2 N–H and O–H groups in total. The van der Waals surface area contributed by atoms with Gasteiger partial charge in [-0.2, -0.15) is 0 Å². The van der Waals surface area contributed by atoms with Crippen LogP contribution in [0.25, 0.3) is 10.7 Å². The molecule has 19 heavy (non-hydrogen) atoms. The third-order valence-corrected chi connectivity index (χ3v) is 4.00. The summed E-state index contributed by atoms with van der Waals surface area (Å²) < 4.78 is 2.17. The quantitative estimate of drug-likeness (QED) is 0.791. The molecule has 0 fully saturated rings. The number of hydrogen-bond donors (Lipinski definition) is 1. The van der Waals surface area contributed by atoms with Crippen LogP contribution in [0.2, 0.25) is 0 Å². The standard InChI is InChI=1S/C15H15N3S/c16-10-12-4-1-2-5-13(12)11-18-8-7-17-15(18)14-6-3-9-19-14/h1-9H,10-11,16H2. The fourth-order valence-electron chi connectivity index (χ4n) is 2.16. The average Bonchev–Trinajstić information content (AvgIpc) is 3.09. The maximum absolute atomic E-state index is 5.79. The largest absolute Gasteiger partial charge is 0.326 e. The predicted molar refractivity (Wildman–Crippen MR) is 79.0 cm³/mol. The van der Waals surface area contributed by atoms with Gasteiger partial charge in [0.2, 0.25) is 0 Å². The first kappa shape index (κ1) is 12.1. The Hall–Kier alpha value is -1.91. The van der Waals surface area contributed by atoms with Gasteiger partial charge in [0.25, 0.3) is 0 Å². The lowest BCUT2D eigenvalue weighted by molar-refractivity contribution is 0.795. The second kappa shape index (κ2) is 5.38. The Balaban J connectivity index is 1.94. The van der Waals surface area contributed by atoms with Gasteiger partial charge >= 0.3 is 0 Å². The average molecular weight is 269 g/mol. The zero-order valence-electron chi connectivity index (χ0n) is 10.5. The number of nitrogens with zero attached hydrogens (tertiary/aromatic N) is 2. The molecular formula is C15H15N3S. The number of rotatable bonds is 4. The third-order valence-electron chi connectivity index (χ3n) is 3.14. The first-order chi connectivity index (χ1) is 9.38. The van der Waals surface area contributed by atoms with Crippen molar-refractivity contribution in [3.05, 3.63) is 65.3 Å². The molecule has 0 bridgehead atoms. The molecule has 2 heterocycles. The summed E-state index contributed by atoms with van der Waals surface area (Å²) in [5, 5.41) is 2.07. The number of aromatic nitrogens is 2. The van der Waals surface area contributed by atoms with Crippen LogP contribution in [0, 0.1) is 0 Å². The molecule has 0 aliphatic rings. The Morgan fingerprint density at radius 2 is 1.95 bits per heavy atom. The Kier molecular flexibility index (Phi) is 3.44. The molecule has 96 valence electrons. The maximum Gasteiger partial charge on any atom is 0.150 e. The molecule has 0 unspecified atom stereocenters. The van der Waals surface area contributed by atoms with Crippen LogP contribution < -0.4 is 5.73 Å². The highest BCUT2D eigenvalue weighted by Gasteiger charge is 2.08. The van der Waals surface area contributed by atoms with Crippen LogP contribution >= 0.6 is 11.3 Å². The van der Waals surface area contributed by atoms with Crippen molar-refractivity contribution < 1.29 is 0 Å². The van der Waals surface area contributed by atoms with Gasteiger partial charge in [-0.05, 0) is 22.6 Å². The van der Waals surface area contributed by atoms with Crippen molar-refractivity contribution in [1.82, 2.24) is 9.55 Å². The monoisotopic (exact) mass is 269 g/mol. The van der Waals surface area contributed by atoms with Gasteiger partial charge < -0.3 is 10.3 Å². The van der Waals surface area contributed by atoms with Gasteiger partial charge in [-0.3, -0.25) is 0 Å². The van der Waals surface area contributed by atoms with Crippen molar-refractivity contribution in [2.24, 2.45) is 5.73 Å². The summed E-state index contributed by atoms with van der Waals surface area (Å²) in [4.78, 5) is 5.64. The zero-order chi connectivity index (χ0) is 13.1. The minimum absolute atomic E-state index is 0.569. The van der Waals surface area contributed by atoms with Crippen LogP contribution in [0.5, 0.6) is 0 Å². The minimum Gasteiger partial charge on any atom is -0.326 e. The smallest absolute Gasteiger partial charge is 0.150 e. The SMILES string of the molecule is NCc1ccccc1Cn1ccnc1-c1cccs1. The van der Waals surface area contributed by atoms with Gasteiger partial charge in [-0.15, -0.1) is 11.3 Å². The molecular weight excluding hydrogens is 254 g/mol. The lowest BCUT2D eigenvalue weighted by atomic mass is 10.1. The van der Waals surface area contributed by atoms with E-state index in [1.54, 1.807) is 11.3 Å². The summed E-state index contributed by atoms with van der Waals surface area (Å²) in [5.74, 6) is 1.02. The van der Waals surface area contributed by atoms with E-state index in [1.807, 2.05) is 24.5 Å². The normalized spacial score (nSPS) is 10.8. The van der Waals surface area contributed by atoms with Crippen LogP contribution in [0.3, 0.4) is 0 Å². The van der Waals surface area contributed by atoms with E-state index in [0.717, 1.165) is 12.4 Å². The van der Waals surface area contributed by atoms with Gasteiger partial charge in [-0.25, -0.2) is 4.98 Å². The van der Waals surface area contributed by atoms with Gasteiger partial charge in [0.05, 0.1) is 4.88 Å². The molecule has 0 spiro atoms. The van der Waals surface area contributed by atoms with E-state index >= 15 is 0 Å². The molecule has 3 rings (SSSR count). The lowest BCUT2D eigenvalue weighted by Gasteiger charge is -2.10. The Bertz CT molecular complexity index is 656. The Morgan fingerprint density at radius 1 is 1.11 bits per heavy atom. The molecule has 3 nitrogen and oxygen atoms in total. The summed E-state index contributed by atoms with van der Waals surface area (Å²) >= 11 is 1.71. The first-order valence-electron chi connectivity index (χ1n) is 6.20. The van der Waals surface area contributed by atoms with Crippen LogP contribution in [-0.2, 0) is 13.1 Å². The number of nitrogens with two attached hydrogens (primary N) is 1. The molecule has 1 aromatic carbocycles. The van der Waals surface area contributed by atoms with E-state index in [2.05, 4.69) is 39.2 Å². The Morgan fingerprint density at radius 3 is 2.68 bits per heavy atom. The van der Waals surface area contributed by atoms with Crippen LogP contribution in [0.15, 0.2) is 54.2 Å². The summed E-state index contributed by atoms with van der Waals surface area (Å²) in [5.41, 5.74) is 8.23. The van der Waals surface area contributed by atoms with Gasteiger partial charge in [0, 0.05) is 25.5 Å². The second-order valence-electron chi connectivity index (χ2n) is 4.33. The summed E-state index contributed by atoms with van der Waals surface area (Å²) in [6.07, 6.45) is 3.86. The first-order valence-corrected chi connectivity index (χ1v) is 7.08. The molecule has 0 saturated heterocycles. The van der Waals surface area contributed by atoms with Crippen molar-refractivity contribution >= 4 is 11.3 Å². The Labute approximate surface area is 116 Å². The molecule has 0 aliphatic heterocycles. The second-order valence-corrected chi connectivity index (χ2v) is 5.28. The highest BCUT2D eigenvalue weighted by atomic mass is 32.1. The van der Waals surface area contributed by atoms with Crippen molar-refractivity contribution in [2.75, 3.05) is 0 Å². The molecule has 0 atom stereocenters. The maximum atomic E-state index is 5.79. The number of thiophene rings is 1. The highest BCUT2D eigenvalue weighted by molar-refractivity contribution is 7.13. The van der Waals surface area contributed by atoms with Gasteiger partial charge in [0.1, 0.15) is 5.82 Å². The van der Waals surface area contributed by atoms with Crippen LogP contribution in [0.4, 0.5) is 0 Å². The van der Waals surface area contributed by atoms with E-state index in [-0.39, 0.29) is 0 Å². The fourth-order valence-corrected chi connectivity index (χ4v) is 2.90. The molecule has 3 aromatic rings. The van der Waals surface area contributed by atoms with E-state index < -0.39 is 0 Å². The zero-order valence-corrected chi connectivity index (χ0v) is 11.3. The predicted octanol–water partition coefficient (Wildman–Crippen LogP) is 3.12. The van der Waals surface area contributed by atoms with E-state index in [0.29, 0.717) is 6.54 Å². The van der Waals surface area contributed by atoms with Gasteiger partial charge in [0.15, 0.2) is 0 Å². The summed E-state index contributed by atoms with van der Waals surface area (Å²) in [7, 11) is 0. The highest BCUT2D eigenvalue weighted by Crippen LogP contribution is 2.24. The fraction of sp³-hybridized carbons (Fsp3) is 0.133. The van der Waals surface area contributed by atoms with Gasteiger partial charge in [-0.1, -0.05) is 30.3 Å². The van der Waals surface area contributed by atoms with E-state index in [4.69, 9.17) is 5.73 Å². The lowest BCUT2D eigenvalue weighted by Crippen LogP contribution is -2.06. The van der Waals surface area contributed by atoms with Crippen molar-refractivity contribution in [3.8, 4) is 10.7 Å². The molecule has 0 aliphatic carbocycles. The third kappa shape index (κ3) is 2.45. The number of imidazole rings is 1. The molecule has 2 aromatic heterocycles. The van der Waals surface area contributed by atoms with Crippen molar-refractivity contribution in [3.63, 3.8) is 0 Å².